The van der Waals surface area contributed by atoms with E-state index in [1.807, 2.05) is 29.2 Å². The van der Waals surface area contributed by atoms with Crippen molar-refractivity contribution >= 4 is 17.6 Å². The second-order valence-corrected chi connectivity index (χ2v) is 8.36. The summed E-state index contributed by atoms with van der Waals surface area (Å²) in [5.41, 5.74) is 1.69. The molecule has 0 unspecified atom stereocenters. The lowest BCUT2D eigenvalue weighted by atomic mass is 9.97. The number of nitrogens with zero attached hydrogens (tertiary/aromatic N) is 5. The minimum atomic E-state index is -0.0613. The third-order valence-corrected chi connectivity index (χ3v) is 6.12. The molecule has 8 heteroatoms. The lowest BCUT2D eigenvalue weighted by Gasteiger charge is -2.32. The molecule has 0 aliphatic carbocycles. The third kappa shape index (κ3) is 5.38. The molecule has 164 valence electrons. The molecule has 2 aromatic rings. The van der Waals surface area contributed by atoms with Crippen LogP contribution in [0.4, 0.5) is 5.82 Å². The Labute approximate surface area is 183 Å². The average molecular weight is 423 g/mol. The molecule has 2 amide bonds. The molecule has 1 atom stereocenters. The first-order valence-corrected chi connectivity index (χ1v) is 11.0. The zero-order valence-electron chi connectivity index (χ0n) is 18.0. The Balaban J connectivity index is 1.28. The number of hydrogen-bond donors (Lipinski definition) is 1. The Bertz CT molecular complexity index is 881. The second kappa shape index (κ2) is 9.87. The summed E-state index contributed by atoms with van der Waals surface area (Å²) in [5, 5.41) is 3.06. The largest absolute Gasteiger partial charge is 0.355 e. The van der Waals surface area contributed by atoms with Gasteiger partial charge in [0.1, 0.15) is 5.82 Å². The molecule has 3 heterocycles. The summed E-state index contributed by atoms with van der Waals surface area (Å²) < 4.78 is 0. The summed E-state index contributed by atoms with van der Waals surface area (Å²) in [5.74, 6) is 0.899. The lowest BCUT2D eigenvalue weighted by molar-refractivity contribution is -0.125. The number of piperidine rings is 1. The molecule has 0 bridgehead atoms. The van der Waals surface area contributed by atoms with Gasteiger partial charge in [0.05, 0.1) is 12.1 Å². The summed E-state index contributed by atoms with van der Waals surface area (Å²) in [6, 6.07) is 7.57. The van der Waals surface area contributed by atoms with Crippen LogP contribution in [-0.2, 0) is 11.3 Å². The van der Waals surface area contributed by atoms with Crippen LogP contribution in [0, 0.1) is 5.92 Å². The van der Waals surface area contributed by atoms with Gasteiger partial charge in [-0.05, 0) is 37.6 Å². The van der Waals surface area contributed by atoms with E-state index in [4.69, 9.17) is 0 Å². The lowest BCUT2D eigenvalue weighted by Crippen LogP contribution is -2.47. The van der Waals surface area contributed by atoms with E-state index in [9.17, 15) is 9.59 Å². The van der Waals surface area contributed by atoms with Gasteiger partial charge in [-0.15, -0.1) is 0 Å². The quantitative estimate of drug-likeness (QED) is 0.784. The van der Waals surface area contributed by atoms with Crippen molar-refractivity contribution < 1.29 is 9.59 Å². The highest BCUT2D eigenvalue weighted by molar-refractivity contribution is 5.94. The summed E-state index contributed by atoms with van der Waals surface area (Å²) >= 11 is 0. The van der Waals surface area contributed by atoms with Crippen molar-refractivity contribution in [1.29, 1.82) is 0 Å². The normalized spacial score (nSPS) is 19.8. The van der Waals surface area contributed by atoms with E-state index < -0.39 is 0 Å². The van der Waals surface area contributed by atoms with Crippen LogP contribution in [0.3, 0.4) is 0 Å². The predicted octanol–water partition coefficient (Wildman–Crippen LogP) is 1.40. The van der Waals surface area contributed by atoms with Gasteiger partial charge in [0.15, 0.2) is 0 Å². The fourth-order valence-corrected chi connectivity index (χ4v) is 4.14. The van der Waals surface area contributed by atoms with Gasteiger partial charge < -0.3 is 20.0 Å². The topological polar surface area (TPSA) is 81.7 Å². The molecule has 0 spiro atoms. The summed E-state index contributed by atoms with van der Waals surface area (Å²) in [4.78, 5) is 40.1. The van der Waals surface area contributed by atoms with E-state index in [2.05, 4.69) is 32.1 Å². The Morgan fingerprint density at radius 3 is 2.55 bits per heavy atom. The van der Waals surface area contributed by atoms with Gasteiger partial charge >= 0.3 is 0 Å². The van der Waals surface area contributed by atoms with Gasteiger partial charge in [-0.3, -0.25) is 14.6 Å². The second-order valence-electron chi connectivity index (χ2n) is 8.36. The highest BCUT2D eigenvalue weighted by Crippen LogP contribution is 2.21. The van der Waals surface area contributed by atoms with E-state index in [1.54, 1.807) is 18.6 Å². The maximum Gasteiger partial charge on any atom is 0.253 e. The monoisotopic (exact) mass is 422 g/mol. The minimum absolute atomic E-state index is 0.0613. The van der Waals surface area contributed by atoms with Crippen LogP contribution in [0.25, 0.3) is 0 Å². The minimum Gasteiger partial charge on any atom is -0.355 e. The van der Waals surface area contributed by atoms with Crippen molar-refractivity contribution in [3.8, 4) is 0 Å². The number of benzene rings is 1. The van der Waals surface area contributed by atoms with Crippen LogP contribution in [0.2, 0.25) is 0 Å². The van der Waals surface area contributed by atoms with Crippen molar-refractivity contribution in [3.63, 3.8) is 0 Å². The summed E-state index contributed by atoms with van der Waals surface area (Å²) in [7, 11) is 2.07. The average Bonchev–Trinajstić information content (AvgIpc) is 2.83. The van der Waals surface area contributed by atoms with E-state index >= 15 is 0 Å². The number of rotatable bonds is 5. The number of likely N-dealkylation sites (N-methyl/N-ethyl adjacent to an activating group) is 1. The van der Waals surface area contributed by atoms with Crippen LogP contribution >= 0.6 is 0 Å². The number of hydrogen-bond acceptors (Lipinski definition) is 6. The van der Waals surface area contributed by atoms with E-state index in [1.165, 1.54) is 0 Å². The van der Waals surface area contributed by atoms with Crippen molar-refractivity contribution in [3.05, 3.63) is 54.0 Å². The number of nitrogens with one attached hydrogen (secondary N) is 1. The van der Waals surface area contributed by atoms with Crippen LogP contribution in [0.15, 0.2) is 42.9 Å². The van der Waals surface area contributed by atoms with Gasteiger partial charge in [0.2, 0.25) is 5.91 Å². The number of carbonyl (C=O) groups is 2. The molecular weight excluding hydrogens is 392 g/mol. The summed E-state index contributed by atoms with van der Waals surface area (Å²) in [6.45, 7) is 5.36. The van der Waals surface area contributed by atoms with Crippen molar-refractivity contribution in [2.24, 2.45) is 5.92 Å². The smallest absolute Gasteiger partial charge is 0.253 e. The molecular formula is C23H30N6O2. The predicted molar refractivity (Wildman–Crippen MR) is 119 cm³/mol. The van der Waals surface area contributed by atoms with Gasteiger partial charge in [-0.25, -0.2) is 4.98 Å². The number of aromatic nitrogens is 2. The van der Waals surface area contributed by atoms with Gasteiger partial charge in [-0.2, -0.15) is 0 Å². The standard InChI is InChI=1S/C23H30N6O2/c1-27-11-13-28(14-12-27)23(31)19-6-4-18(5-7-19)15-26-22(30)20-3-2-10-29(17-20)21-16-24-8-9-25-21/h4-9,16,20H,2-3,10-15,17H2,1H3,(H,26,30)/t20-/m0/s1. The van der Waals surface area contributed by atoms with Crippen LogP contribution in [-0.4, -0.2) is 77.9 Å². The van der Waals surface area contributed by atoms with Crippen LogP contribution in [0.1, 0.15) is 28.8 Å². The Hall–Kier alpha value is -3.00. The maximum absolute atomic E-state index is 12.7. The first-order valence-electron chi connectivity index (χ1n) is 11.0. The van der Waals surface area contributed by atoms with E-state index in [0.717, 1.165) is 56.9 Å². The zero-order valence-corrected chi connectivity index (χ0v) is 18.0. The number of piperazine rings is 1. The maximum atomic E-state index is 12.7. The SMILES string of the molecule is CN1CCN(C(=O)c2ccc(CNC(=O)[C@H]3CCCN(c4cnccn4)C3)cc2)CC1. The summed E-state index contributed by atoms with van der Waals surface area (Å²) in [6.07, 6.45) is 6.91. The molecule has 2 aliphatic heterocycles. The molecule has 2 saturated heterocycles. The molecule has 2 fully saturated rings. The molecule has 0 saturated carbocycles. The molecule has 8 nitrogen and oxygen atoms in total. The Morgan fingerprint density at radius 1 is 1.06 bits per heavy atom. The molecule has 1 aromatic heterocycles. The van der Waals surface area contributed by atoms with Gasteiger partial charge in [0, 0.05) is 63.8 Å². The zero-order chi connectivity index (χ0) is 21.6. The molecule has 31 heavy (non-hydrogen) atoms. The molecule has 0 radical (unpaired) electrons. The Kier molecular flexibility index (Phi) is 6.76. The van der Waals surface area contributed by atoms with E-state index in [-0.39, 0.29) is 17.7 Å². The van der Waals surface area contributed by atoms with E-state index in [0.29, 0.717) is 18.7 Å². The molecule has 1 N–H and O–H groups in total. The van der Waals surface area contributed by atoms with Gasteiger partial charge in [0.25, 0.3) is 5.91 Å². The van der Waals surface area contributed by atoms with Crippen LogP contribution < -0.4 is 10.2 Å². The first-order chi connectivity index (χ1) is 15.1. The fourth-order valence-electron chi connectivity index (χ4n) is 4.14. The number of anilines is 1. The fraction of sp³-hybridized carbons (Fsp3) is 0.478. The third-order valence-electron chi connectivity index (χ3n) is 6.12. The number of carbonyl (C=O) groups excluding carboxylic acids is 2. The highest BCUT2D eigenvalue weighted by atomic mass is 16.2. The number of amides is 2. The molecule has 2 aliphatic rings. The van der Waals surface area contributed by atoms with Crippen molar-refractivity contribution in [2.45, 2.75) is 19.4 Å². The van der Waals surface area contributed by atoms with Gasteiger partial charge in [-0.1, -0.05) is 12.1 Å². The van der Waals surface area contributed by atoms with Crippen LogP contribution in [0.5, 0.6) is 0 Å². The van der Waals surface area contributed by atoms with Crippen molar-refractivity contribution in [2.75, 3.05) is 51.2 Å². The molecule has 4 rings (SSSR count). The first kappa shape index (κ1) is 21.2. The molecule has 1 aromatic carbocycles. The highest BCUT2D eigenvalue weighted by Gasteiger charge is 2.26. The Morgan fingerprint density at radius 2 is 1.84 bits per heavy atom. The van der Waals surface area contributed by atoms with Crippen molar-refractivity contribution in [1.82, 2.24) is 25.1 Å².